The molecule has 1 saturated heterocycles. The molecule has 1 aliphatic carbocycles. The third-order valence-electron chi connectivity index (χ3n) is 4.19. The second-order valence-electron chi connectivity index (χ2n) is 6.57. The maximum atomic E-state index is 6.14. The average Bonchev–Trinajstić information content (AvgIpc) is 2.81. The van der Waals surface area contributed by atoms with Crippen LogP contribution < -0.4 is 5.73 Å². The van der Waals surface area contributed by atoms with Crippen LogP contribution in [0, 0.1) is 0 Å². The molecule has 0 aromatic heterocycles. The van der Waals surface area contributed by atoms with Gasteiger partial charge in [0.25, 0.3) is 0 Å². The van der Waals surface area contributed by atoms with Crippen molar-refractivity contribution >= 4 is 5.96 Å². The number of guanidine groups is 1. The smallest absolute Gasteiger partial charge is 0.191 e. The summed E-state index contributed by atoms with van der Waals surface area (Å²) in [6.07, 6.45) is 5.09. The SMILES string of the molecule is CC(C)(C)N1CCN(C(N)=NC2CCCC2)CC1. The van der Waals surface area contributed by atoms with Gasteiger partial charge in [0.1, 0.15) is 0 Å². The quantitative estimate of drug-likeness (QED) is 0.570. The summed E-state index contributed by atoms with van der Waals surface area (Å²) in [5.74, 6) is 0.774. The van der Waals surface area contributed by atoms with E-state index < -0.39 is 0 Å². The van der Waals surface area contributed by atoms with Crippen LogP contribution in [0.1, 0.15) is 46.5 Å². The fourth-order valence-corrected chi connectivity index (χ4v) is 2.91. The van der Waals surface area contributed by atoms with Gasteiger partial charge in [0.15, 0.2) is 5.96 Å². The molecule has 104 valence electrons. The zero-order valence-electron chi connectivity index (χ0n) is 12.2. The van der Waals surface area contributed by atoms with Gasteiger partial charge in [-0.15, -0.1) is 0 Å². The Morgan fingerprint density at radius 1 is 1.06 bits per heavy atom. The highest BCUT2D eigenvalue weighted by molar-refractivity contribution is 5.78. The second kappa shape index (κ2) is 5.47. The topological polar surface area (TPSA) is 44.9 Å². The molecule has 0 spiro atoms. The number of piperazine rings is 1. The maximum absolute atomic E-state index is 6.14. The summed E-state index contributed by atoms with van der Waals surface area (Å²) in [7, 11) is 0. The van der Waals surface area contributed by atoms with Crippen LogP contribution >= 0.6 is 0 Å². The molecule has 0 radical (unpaired) electrons. The Morgan fingerprint density at radius 3 is 2.11 bits per heavy atom. The van der Waals surface area contributed by atoms with Gasteiger partial charge in [-0.1, -0.05) is 12.8 Å². The summed E-state index contributed by atoms with van der Waals surface area (Å²) >= 11 is 0. The summed E-state index contributed by atoms with van der Waals surface area (Å²) in [6.45, 7) is 11.0. The van der Waals surface area contributed by atoms with Crippen LogP contribution in [0.15, 0.2) is 4.99 Å². The number of nitrogens with zero attached hydrogens (tertiary/aromatic N) is 3. The molecular weight excluding hydrogens is 224 g/mol. The largest absolute Gasteiger partial charge is 0.370 e. The Balaban J connectivity index is 1.85. The van der Waals surface area contributed by atoms with E-state index in [1.165, 1.54) is 25.7 Å². The second-order valence-corrected chi connectivity index (χ2v) is 6.57. The molecule has 0 bridgehead atoms. The molecule has 1 aliphatic heterocycles. The summed E-state index contributed by atoms with van der Waals surface area (Å²) in [6, 6.07) is 0.491. The molecule has 0 aromatic rings. The van der Waals surface area contributed by atoms with Crippen LogP contribution in [0.25, 0.3) is 0 Å². The third kappa shape index (κ3) is 3.37. The van der Waals surface area contributed by atoms with Gasteiger partial charge in [0.2, 0.25) is 0 Å². The van der Waals surface area contributed by atoms with Crippen molar-refractivity contribution in [2.45, 2.75) is 58.0 Å². The number of hydrogen-bond donors (Lipinski definition) is 1. The Kier molecular flexibility index (Phi) is 4.15. The molecule has 4 heteroatoms. The van der Waals surface area contributed by atoms with Crippen molar-refractivity contribution < 1.29 is 0 Å². The highest BCUT2D eigenvalue weighted by atomic mass is 15.3. The fraction of sp³-hybridized carbons (Fsp3) is 0.929. The highest BCUT2D eigenvalue weighted by Gasteiger charge is 2.26. The number of hydrogen-bond acceptors (Lipinski definition) is 2. The van der Waals surface area contributed by atoms with E-state index in [9.17, 15) is 0 Å². The predicted octanol–water partition coefficient (Wildman–Crippen LogP) is 1.66. The first-order valence-corrected chi connectivity index (χ1v) is 7.30. The van der Waals surface area contributed by atoms with E-state index in [0.29, 0.717) is 6.04 Å². The van der Waals surface area contributed by atoms with Gasteiger partial charge in [0.05, 0.1) is 6.04 Å². The van der Waals surface area contributed by atoms with Crippen molar-refractivity contribution in [2.24, 2.45) is 10.7 Å². The van der Waals surface area contributed by atoms with Crippen LogP contribution in [0.3, 0.4) is 0 Å². The van der Waals surface area contributed by atoms with E-state index in [2.05, 4.69) is 35.6 Å². The monoisotopic (exact) mass is 252 g/mol. The fourth-order valence-electron chi connectivity index (χ4n) is 2.91. The molecule has 18 heavy (non-hydrogen) atoms. The van der Waals surface area contributed by atoms with Crippen LogP contribution in [0.5, 0.6) is 0 Å². The van der Waals surface area contributed by atoms with Gasteiger partial charge in [-0.05, 0) is 33.6 Å². The maximum Gasteiger partial charge on any atom is 0.191 e. The molecule has 2 N–H and O–H groups in total. The Bertz CT molecular complexity index is 291. The Hall–Kier alpha value is -0.770. The van der Waals surface area contributed by atoms with Crippen molar-refractivity contribution in [1.82, 2.24) is 9.80 Å². The van der Waals surface area contributed by atoms with Gasteiger partial charge in [-0.2, -0.15) is 0 Å². The van der Waals surface area contributed by atoms with Crippen LogP contribution in [0.4, 0.5) is 0 Å². The van der Waals surface area contributed by atoms with E-state index in [1.54, 1.807) is 0 Å². The normalized spacial score (nSPS) is 24.8. The van der Waals surface area contributed by atoms with Crippen LogP contribution in [-0.4, -0.2) is 53.5 Å². The highest BCUT2D eigenvalue weighted by Crippen LogP contribution is 2.21. The first-order chi connectivity index (χ1) is 8.47. The third-order valence-corrected chi connectivity index (χ3v) is 4.19. The molecular formula is C14H28N4. The number of aliphatic imine (C=N–C) groups is 1. The predicted molar refractivity (Wildman–Crippen MR) is 76.8 cm³/mol. The molecule has 2 aliphatic rings. The van der Waals surface area contributed by atoms with E-state index in [0.717, 1.165) is 32.1 Å². The first-order valence-electron chi connectivity index (χ1n) is 7.30. The van der Waals surface area contributed by atoms with Gasteiger partial charge in [0, 0.05) is 31.7 Å². The molecule has 2 fully saturated rings. The van der Waals surface area contributed by atoms with E-state index in [4.69, 9.17) is 5.73 Å². The van der Waals surface area contributed by atoms with E-state index >= 15 is 0 Å². The van der Waals surface area contributed by atoms with Crippen LogP contribution in [0.2, 0.25) is 0 Å². The van der Waals surface area contributed by atoms with Gasteiger partial charge >= 0.3 is 0 Å². The molecule has 1 saturated carbocycles. The van der Waals surface area contributed by atoms with Crippen molar-refractivity contribution in [3.63, 3.8) is 0 Å². The lowest BCUT2D eigenvalue weighted by atomic mass is 10.1. The lowest BCUT2D eigenvalue weighted by Crippen LogP contribution is -2.56. The minimum Gasteiger partial charge on any atom is -0.370 e. The number of rotatable bonds is 1. The van der Waals surface area contributed by atoms with Crippen molar-refractivity contribution in [1.29, 1.82) is 0 Å². The molecule has 2 rings (SSSR count). The first kappa shape index (κ1) is 13.7. The minimum atomic E-state index is 0.267. The van der Waals surface area contributed by atoms with E-state index in [1.807, 2.05) is 0 Å². The standard InChI is InChI=1S/C14H28N4/c1-14(2,3)18-10-8-17(9-11-18)13(15)16-12-6-4-5-7-12/h12H,4-11H2,1-3H3,(H2,15,16). The van der Waals surface area contributed by atoms with Crippen molar-refractivity contribution in [3.8, 4) is 0 Å². The zero-order chi connectivity index (χ0) is 13.2. The molecule has 0 atom stereocenters. The molecule has 0 amide bonds. The van der Waals surface area contributed by atoms with Gasteiger partial charge in [-0.3, -0.25) is 4.90 Å². The molecule has 0 unspecified atom stereocenters. The average molecular weight is 252 g/mol. The van der Waals surface area contributed by atoms with Crippen molar-refractivity contribution in [2.75, 3.05) is 26.2 Å². The Morgan fingerprint density at radius 2 is 1.61 bits per heavy atom. The molecule has 1 heterocycles. The number of nitrogens with two attached hydrogens (primary N) is 1. The van der Waals surface area contributed by atoms with Gasteiger partial charge < -0.3 is 10.6 Å². The Labute approximate surface area is 111 Å². The molecule has 4 nitrogen and oxygen atoms in total. The lowest BCUT2D eigenvalue weighted by molar-refractivity contribution is 0.0877. The zero-order valence-corrected chi connectivity index (χ0v) is 12.2. The summed E-state index contributed by atoms with van der Waals surface area (Å²) < 4.78 is 0. The van der Waals surface area contributed by atoms with E-state index in [-0.39, 0.29) is 5.54 Å². The van der Waals surface area contributed by atoms with Crippen molar-refractivity contribution in [3.05, 3.63) is 0 Å². The summed E-state index contributed by atoms with van der Waals surface area (Å²) in [5.41, 5.74) is 6.41. The van der Waals surface area contributed by atoms with Crippen LogP contribution in [-0.2, 0) is 0 Å². The minimum absolute atomic E-state index is 0.267. The summed E-state index contributed by atoms with van der Waals surface area (Å²) in [4.78, 5) is 9.46. The summed E-state index contributed by atoms with van der Waals surface area (Å²) in [5, 5.41) is 0. The van der Waals surface area contributed by atoms with Gasteiger partial charge in [-0.25, -0.2) is 4.99 Å². The lowest BCUT2D eigenvalue weighted by Gasteiger charge is -2.42. The molecule has 0 aromatic carbocycles.